The van der Waals surface area contributed by atoms with E-state index in [0.717, 1.165) is 12.7 Å². The van der Waals surface area contributed by atoms with E-state index in [1.165, 1.54) is 35.2 Å². The van der Waals surface area contributed by atoms with Gasteiger partial charge in [0.15, 0.2) is 0 Å². The van der Waals surface area contributed by atoms with E-state index in [9.17, 15) is 0 Å². The molecule has 0 saturated carbocycles. The first-order valence-electron chi connectivity index (χ1n) is 17.1. The number of aromatic nitrogens is 2. The first-order valence-corrected chi connectivity index (χ1v) is 32.2. The second-order valence-electron chi connectivity index (χ2n) is 22.8. The second kappa shape index (κ2) is 3.79. The van der Waals surface area contributed by atoms with Gasteiger partial charge in [0, 0.05) is 0 Å². The summed E-state index contributed by atoms with van der Waals surface area (Å²) >= 11 is 0. The molecule has 6 atom stereocenters. The van der Waals surface area contributed by atoms with Crippen molar-refractivity contribution in [2.45, 2.75) is 142 Å². The Kier molecular flexibility index (Phi) is 2.30. The fourth-order valence-electron chi connectivity index (χ4n) is 27.3. The van der Waals surface area contributed by atoms with Gasteiger partial charge in [-0.1, -0.05) is 0 Å². The molecule has 234 valence electrons. The summed E-state index contributed by atoms with van der Waals surface area (Å²) in [5.74, 6) is 0. The van der Waals surface area contributed by atoms with Crippen LogP contribution in [-0.4, -0.2) is 42.6 Å². The van der Waals surface area contributed by atoms with Crippen molar-refractivity contribution < 1.29 is 6.51 Å². The van der Waals surface area contributed by atoms with E-state index in [1.54, 1.807) is 6.16 Å². The van der Waals surface area contributed by atoms with Crippen molar-refractivity contribution in [3.8, 4) is 0 Å². The van der Waals surface area contributed by atoms with Gasteiger partial charge in [0.2, 0.25) is 0 Å². The molecular formula is C36H54FeN2P2Si2. The Balaban J connectivity index is 1.29. The Bertz CT molecular complexity index is 2070. The van der Waals surface area contributed by atoms with Crippen molar-refractivity contribution in [2.24, 2.45) is 0 Å². The van der Waals surface area contributed by atoms with Crippen LogP contribution in [0.2, 0.25) is 84.7 Å². The van der Waals surface area contributed by atoms with Crippen LogP contribution in [-0.2, 0) is 11.7 Å². The van der Waals surface area contributed by atoms with Gasteiger partial charge in [0.05, 0.1) is 0 Å². The molecule has 0 radical (unpaired) electrons. The van der Waals surface area contributed by atoms with Crippen molar-refractivity contribution in [3.05, 3.63) is 60.2 Å². The molecule has 1 spiro atoms. The molecule has 43 heavy (non-hydrogen) atoms. The maximum absolute atomic E-state index is 4.89. The van der Waals surface area contributed by atoms with E-state index in [4.69, 9.17) is 9.97 Å². The number of rotatable bonds is 7. The van der Waals surface area contributed by atoms with Gasteiger partial charge in [-0.15, -0.1) is 0 Å². The van der Waals surface area contributed by atoms with Crippen LogP contribution >= 0.6 is 17.2 Å². The van der Waals surface area contributed by atoms with Crippen LogP contribution in [0.25, 0.3) is 0 Å². The van der Waals surface area contributed by atoms with E-state index in [1.807, 2.05) is 12.4 Å². The van der Waals surface area contributed by atoms with Gasteiger partial charge in [-0.2, -0.15) is 0 Å². The molecule has 12 heterocycles. The van der Waals surface area contributed by atoms with Gasteiger partial charge in [-0.3, -0.25) is 0 Å². The Morgan fingerprint density at radius 3 is 1.51 bits per heavy atom. The number of nitrogens with zero attached hydrogens (tertiary/aromatic N) is 2. The van der Waals surface area contributed by atoms with Crippen molar-refractivity contribution in [1.82, 2.24) is 9.97 Å². The predicted octanol–water partition coefficient (Wildman–Crippen LogP) is 11.3. The average Bonchev–Trinajstić information content (AvgIpc) is 3.84. The molecule has 10 fully saturated rings. The molecule has 12 rings (SSSR count). The molecule has 10 aliphatic rings. The van der Waals surface area contributed by atoms with E-state index in [-0.39, 0.29) is 13.1 Å². The predicted molar refractivity (Wildman–Crippen MR) is 190 cm³/mol. The first-order chi connectivity index (χ1) is 19.5. The van der Waals surface area contributed by atoms with Gasteiger partial charge in [0.25, 0.3) is 0 Å². The summed E-state index contributed by atoms with van der Waals surface area (Å²) in [4.78, 5) is 17.0. The van der Waals surface area contributed by atoms with E-state index < -0.39 is 22.7 Å². The zero-order valence-corrected chi connectivity index (χ0v) is 33.7. The molecule has 10 saturated heterocycles. The molecule has 0 aromatic carbocycles. The van der Waals surface area contributed by atoms with Gasteiger partial charge < -0.3 is 0 Å². The number of fused-ring (bicyclic) bond motifs is 10. The first kappa shape index (κ1) is 26.1. The Hall–Kier alpha value is 0.113. The molecule has 2 aromatic heterocycles. The van der Waals surface area contributed by atoms with Crippen LogP contribution in [0.5, 0.6) is 0 Å². The van der Waals surface area contributed by atoms with Crippen molar-refractivity contribution in [2.75, 3.05) is 6.16 Å². The molecule has 2 aromatic rings. The summed E-state index contributed by atoms with van der Waals surface area (Å²) in [5.41, 5.74) is 3.01. The van der Waals surface area contributed by atoms with Crippen LogP contribution < -0.4 is 0 Å². The summed E-state index contributed by atoms with van der Waals surface area (Å²) in [7, 11) is 0.533. The molecule has 0 N–H and O–H groups in total. The van der Waals surface area contributed by atoms with Gasteiger partial charge in [0.1, 0.15) is 0 Å². The van der Waals surface area contributed by atoms with Crippen molar-refractivity contribution >= 4 is 33.3 Å². The maximum atomic E-state index is 4.89. The quantitative estimate of drug-likeness (QED) is 0.214. The Morgan fingerprint density at radius 1 is 0.767 bits per heavy atom. The van der Waals surface area contributed by atoms with Crippen LogP contribution in [0.15, 0.2) is 49.1 Å². The fraction of sp³-hybridized carbons (Fsp3) is 0.722. The van der Waals surface area contributed by atoms with Gasteiger partial charge >= 0.3 is 258 Å². The molecule has 7 heteroatoms. The fourth-order valence-corrected chi connectivity index (χ4v) is 174. The van der Waals surface area contributed by atoms with Gasteiger partial charge in [-0.25, -0.2) is 0 Å². The molecule has 0 aliphatic carbocycles. The summed E-state index contributed by atoms with van der Waals surface area (Å²) in [6.07, 6.45) is 10.2. The van der Waals surface area contributed by atoms with Gasteiger partial charge in [-0.05, 0) is 0 Å². The summed E-state index contributed by atoms with van der Waals surface area (Å²) < 4.78 is 2.85. The zero-order chi connectivity index (χ0) is 30.8. The van der Waals surface area contributed by atoms with Crippen LogP contribution in [0.3, 0.4) is 0 Å². The Labute approximate surface area is 256 Å². The third kappa shape index (κ3) is 0.633. The summed E-state index contributed by atoms with van der Waals surface area (Å²) in [5, 5.41) is 0.695. The minimum absolute atomic E-state index is 0.0457. The monoisotopic (exact) mass is 688 g/mol. The van der Waals surface area contributed by atoms with Crippen LogP contribution in [0.4, 0.5) is 0 Å². The molecule has 2 nitrogen and oxygen atoms in total. The summed E-state index contributed by atoms with van der Waals surface area (Å²) in [6.45, 7) is 28.9. The van der Waals surface area contributed by atoms with E-state index in [0.29, 0.717) is 18.9 Å². The average molecular weight is 689 g/mol. The third-order valence-corrected chi connectivity index (χ3v) is 91.0. The molecule has 6 unspecified atom stereocenters. The number of hydrogen-bond donors (Lipinski definition) is 0. The third-order valence-electron chi connectivity index (χ3n) is 22.4. The molecule has 0 amide bonds. The molecular weight excluding hydrogens is 634 g/mol. The van der Waals surface area contributed by atoms with Crippen LogP contribution in [0.1, 0.15) is 52.7 Å². The van der Waals surface area contributed by atoms with E-state index >= 15 is 0 Å². The topological polar surface area (TPSA) is 25.8 Å². The van der Waals surface area contributed by atoms with E-state index in [2.05, 4.69) is 127 Å². The standard InChI is InChI=1S/C31H49N2P2Si2.C5H5.Fe/c1-29(2,3)35(30(4,5)6)22-25-26(19-27(36(7,8)9)28(25)37(10,11)12)31(34,23-15-13-17-32-20-23)24-16-14-18-33-21-24;1-2-4-5-3-1;/h13-21H,22,34H2,1-12H3;1-5H;. The number of pyridine rings is 2. The van der Waals surface area contributed by atoms with Crippen LogP contribution in [0, 0.1) is 0 Å². The molecule has 0 bridgehead atoms. The minimum atomic E-state index is -4.46. The van der Waals surface area contributed by atoms with Crippen molar-refractivity contribution in [1.29, 1.82) is 0 Å². The SMILES string of the molecule is CC(C)(C)P(C[C]12[C]3(C(P)(c4cccnc4)c4cccnc4)[CH]4[C]5([Si](C)(C)C)[C]1([Si](C)(C)C)[Fe]42351678[CH]2[CH]1[CH]6[CH]7[CH]28)C(C)(C)C. The second-order valence-corrected chi connectivity index (χ2v) is 61.6. The normalized spacial score (nSPS) is 61.6. The number of hydrogen-bond acceptors (Lipinski definition) is 2. The molecule has 10 aliphatic heterocycles. The van der Waals surface area contributed by atoms with Crippen molar-refractivity contribution in [3.63, 3.8) is 0 Å². The zero-order valence-electron chi connectivity index (χ0n) is 28.6. The summed E-state index contributed by atoms with van der Waals surface area (Å²) in [6, 6.07) is 9.49. The Morgan fingerprint density at radius 2 is 1.21 bits per heavy atom.